The molecule has 0 unspecified atom stereocenters. The fourth-order valence-corrected chi connectivity index (χ4v) is 3.02. The first-order valence-electron chi connectivity index (χ1n) is 5.84. The molecule has 2 rings (SSSR count). The molecule has 17 heavy (non-hydrogen) atoms. The molecule has 4 heteroatoms. The van der Waals surface area contributed by atoms with Gasteiger partial charge in [0.1, 0.15) is 5.82 Å². The predicted molar refractivity (Wildman–Crippen MR) is 67.1 cm³/mol. The topological polar surface area (TPSA) is 21.3 Å². The van der Waals surface area contributed by atoms with Gasteiger partial charge in [-0.3, -0.25) is 0 Å². The molecule has 0 bridgehead atoms. The van der Waals surface area contributed by atoms with Gasteiger partial charge in [0, 0.05) is 23.1 Å². The summed E-state index contributed by atoms with van der Waals surface area (Å²) in [5.74, 6) is -0.226. The van der Waals surface area contributed by atoms with Crippen LogP contribution in [0.25, 0.3) is 0 Å². The third-order valence-corrected chi connectivity index (χ3v) is 3.79. The summed E-state index contributed by atoms with van der Waals surface area (Å²) in [5, 5.41) is 3.79. The average molecular weight is 258 g/mol. The molecular formula is C13H17ClFNO. The van der Waals surface area contributed by atoms with E-state index in [0.717, 1.165) is 25.9 Å². The minimum Gasteiger partial charge on any atom is -0.384 e. The Morgan fingerprint density at radius 1 is 1.41 bits per heavy atom. The Morgan fingerprint density at radius 3 is 2.71 bits per heavy atom. The zero-order valence-electron chi connectivity index (χ0n) is 9.93. The van der Waals surface area contributed by atoms with E-state index >= 15 is 0 Å². The standard InChI is InChI=1S/C13H17ClFNO/c1-17-9-13(5-7-16-8-6-13)12-10(14)3-2-4-11(12)15/h2-4,16H,5-9H2,1H3. The zero-order chi connectivity index (χ0) is 12.3. The lowest BCUT2D eigenvalue weighted by atomic mass is 9.73. The Morgan fingerprint density at radius 2 is 2.12 bits per heavy atom. The second kappa shape index (κ2) is 5.34. The molecule has 0 spiro atoms. The van der Waals surface area contributed by atoms with Gasteiger partial charge < -0.3 is 10.1 Å². The first kappa shape index (κ1) is 12.8. The summed E-state index contributed by atoms with van der Waals surface area (Å²) in [6.45, 7) is 2.25. The van der Waals surface area contributed by atoms with Gasteiger partial charge >= 0.3 is 0 Å². The maximum atomic E-state index is 14.0. The smallest absolute Gasteiger partial charge is 0.128 e. The van der Waals surface area contributed by atoms with Gasteiger partial charge in [-0.15, -0.1) is 0 Å². The average Bonchev–Trinajstić information content (AvgIpc) is 2.30. The van der Waals surface area contributed by atoms with Crippen molar-refractivity contribution in [3.05, 3.63) is 34.6 Å². The van der Waals surface area contributed by atoms with Crippen LogP contribution in [-0.4, -0.2) is 26.8 Å². The van der Waals surface area contributed by atoms with Crippen molar-refractivity contribution in [3.8, 4) is 0 Å². The molecular weight excluding hydrogens is 241 g/mol. The quantitative estimate of drug-likeness (QED) is 0.899. The molecule has 2 nitrogen and oxygen atoms in total. The van der Waals surface area contributed by atoms with Crippen molar-refractivity contribution in [2.75, 3.05) is 26.8 Å². The second-order valence-electron chi connectivity index (χ2n) is 4.56. The summed E-state index contributed by atoms with van der Waals surface area (Å²) >= 11 is 6.17. The van der Waals surface area contributed by atoms with Crippen LogP contribution >= 0.6 is 11.6 Å². The molecule has 0 amide bonds. The lowest BCUT2D eigenvalue weighted by Gasteiger charge is -2.38. The van der Waals surface area contributed by atoms with Crippen molar-refractivity contribution < 1.29 is 9.13 Å². The molecule has 1 N–H and O–H groups in total. The number of hydrogen-bond acceptors (Lipinski definition) is 2. The van der Waals surface area contributed by atoms with Crippen molar-refractivity contribution in [2.45, 2.75) is 18.3 Å². The minimum absolute atomic E-state index is 0.226. The van der Waals surface area contributed by atoms with Crippen LogP contribution in [0.1, 0.15) is 18.4 Å². The summed E-state index contributed by atoms with van der Waals surface area (Å²) in [6.07, 6.45) is 1.70. The highest BCUT2D eigenvalue weighted by molar-refractivity contribution is 6.31. The van der Waals surface area contributed by atoms with Crippen LogP contribution in [-0.2, 0) is 10.2 Å². The Kier molecular flexibility index (Phi) is 4.02. The van der Waals surface area contributed by atoms with Gasteiger partial charge in [0.15, 0.2) is 0 Å². The molecule has 0 aliphatic carbocycles. The van der Waals surface area contributed by atoms with Crippen molar-refractivity contribution in [1.29, 1.82) is 0 Å². The zero-order valence-corrected chi connectivity index (χ0v) is 10.7. The molecule has 0 aromatic heterocycles. The summed E-state index contributed by atoms with van der Waals surface area (Å²) < 4.78 is 19.3. The van der Waals surface area contributed by atoms with Gasteiger partial charge in [0.05, 0.1) is 6.61 Å². The first-order chi connectivity index (χ1) is 8.19. The van der Waals surface area contributed by atoms with Gasteiger partial charge in [-0.05, 0) is 38.1 Å². The van der Waals surface area contributed by atoms with Gasteiger partial charge in [-0.25, -0.2) is 4.39 Å². The molecule has 1 saturated heterocycles. The SMILES string of the molecule is COCC1(c2c(F)cccc2Cl)CCNCC1. The molecule has 1 aromatic rings. The number of rotatable bonds is 3. The third-order valence-electron chi connectivity index (χ3n) is 3.47. The number of benzene rings is 1. The van der Waals surface area contributed by atoms with E-state index in [1.807, 2.05) is 0 Å². The van der Waals surface area contributed by atoms with E-state index in [9.17, 15) is 4.39 Å². The van der Waals surface area contributed by atoms with E-state index in [0.29, 0.717) is 17.2 Å². The largest absolute Gasteiger partial charge is 0.384 e. The number of halogens is 2. The van der Waals surface area contributed by atoms with Crippen LogP contribution in [0.5, 0.6) is 0 Å². The molecule has 1 aromatic carbocycles. The molecule has 1 aliphatic heterocycles. The predicted octanol–water partition coefficient (Wildman–Crippen LogP) is 2.75. The van der Waals surface area contributed by atoms with Crippen molar-refractivity contribution >= 4 is 11.6 Å². The molecule has 94 valence electrons. The molecule has 1 aliphatic rings. The Balaban J connectivity index is 2.44. The molecule has 0 radical (unpaired) electrons. The maximum absolute atomic E-state index is 14.0. The van der Waals surface area contributed by atoms with Crippen molar-refractivity contribution in [1.82, 2.24) is 5.32 Å². The Bertz CT molecular complexity index is 365. The van der Waals surface area contributed by atoms with Crippen LogP contribution < -0.4 is 5.32 Å². The lowest BCUT2D eigenvalue weighted by Crippen LogP contribution is -2.43. The van der Waals surface area contributed by atoms with E-state index in [1.54, 1.807) is 19.2 Å². The van der Waals surface area contributed by atoms with E-state index in [4.69, 9.17) is 16.3 Å². The molecule has 0 atom stereocenters. The Hall–Kier alpha value is -0.640. The highest BCUT2D eigenvalue weighted by Crippen LogP contribution is 2.39. The molecule has 1 heterocycles. The third kappa shape index (κ3) is 2.46. The fraction of sp³-hybridized carbons (Fsp3) is 0.538. The summed E-state index contributed by atoms with van der Waals surface area (Å²) in [6, 6.07) is 4.86. The van der Waals surface area contributed by atoms with Crippen LogP contribution in [0.4, 0.5) is 4.39 Å². The highest BCUT2D eigenvalue weighted by Gasteiger charge is 2.37. The summed E-state index contributed by atoms with van der Waals surface area (Å²) in [4.78, 5) is 0. The van der Waals surface area contributed by atoms with Crippen LogP contribution in [0.15, 0.2) is 18.2 Å². The van der Waals surface area contributed by atoms with E-state index in [1.165, 1.54) is 6.07 Å². The monoisotopic (exact) mass is 257 g/mol. The molecule has 1 fully saturated rings. The number of hydrogen-bond donors (Lipinski definition) is 1. The first-order valence-corrected chi connectivity index (χ1v) is 6.21. The number of piperidine rings is 1. The fourth-order valence-electron chi connectivity index (χ4n) is 2.65. The van der Waals surface area contributed by atoms with Crippen LogP contribution in [0, 0.1) is 5.82 Å². The van der Waals surface area contributed by atoms with Gasteiger partial charge in [0.2, 0.25) is 0 Å². The highest BCUT2D eigenvalue weighted by atomic mass is 35.5. The van der Waals surface area contributed by atoms with Crippen LogP contribution in [0.3, 0.4) is 0 Å². The second-order valence-corrected chi connectivity index (χ2v) is 4.97. The Labute approximate surface area is 106 Å². The van der Waals surface area contributed by atoms with E-state index in [2.05, 4.69) is 5.32 Å². The number of nitrogens with one attached hydrogen (secondary N) is 1. The van der Waals surface area contributed by atoms with Crippen molar-refractivity contribution in [2.24, 2.45) is 0 Å². The van der Waals surface area contributed by atoms with Gasteiger partial charge in [0.25, 0.3) is 0 Å². The van der Waals surface area contributed by atoms with E-state index < -0.39 is 0 Å². The minimum atomic E-state index is -0.289. The normalized spacial score (nSPS) is 19.2. The maximum Gasteiger partial charge on any atom is 0.128 e. The number of methoxy groups -OCH3 is 1. The summed E-state index contributed by atoms with van der Waals surface area (Å²) in [5.41, 5.74) is 0.326. The van der Waals surface area contributed by atoms with Crippen LogP contribution in [0.2, 0.25) is 5.02 Å². The van der Waals surface area contributed by atoms with Gasteiger partial charge in [-0.2, -0.15) is 0 Å². The van der Waals surface area contributed by atoms with E-state index in [-0.39, 0.29) is 11.2 Å². The lowest BCUT2D eigenvalue weighted by molar-refractivity contribution is 0.105. The van der Waals surface area contributed by atoms with Gasteiger partial charge in [-0.1, -0.05) is 17.7 Å². The summed E-state index contributed by atoms with van der Waals surface area (Å²) in [7, 11) is 1.65. The molecule has 0 saturated carbocycles. The number of ether oxygens (including phenoxy) is 1. The van der Waals surface area contributed by atoms with Crippen molar-refractivity contribution in [3.63, 3.8) is 0 Å².